The molecule has 6 heteroatoms. The Hall–Kier alpha value is -1.40. The molecule has 1 aromatic rings. The zero-order chi connectivity index (χ0) is 16.3. The van der Waals surface area contributed by atoms with Gasteiger partial charge in [0.15, 0.2) is 0 Å². The van der Waals surface area contributed by atoms with Gasteiger partial charge in [-0.1, -0.05) is 0 Å². The lowest BCUT2D eigenvalue weighted by molar-refractivity contribution is -0.140. The second-order valence-electron chi connectivity index (χ2n) is 6.71. The quantitative estimate of drug-likeness (QED) is 0.869. The van der Waals surface area contributed by atoms with E-state index in [0.717, 1.165) is 50.6 Å². The van der Waals surface area contributed by atoms with Crippen LogP contribution in [0.25, 0.3) is 0 Å². The van der Waals surface area contributed by atoms with Crippen molar-refractivity contribution in [2.24, 2.45) is 0 Å². The summed E-state index contributed by atoms with van der Waals surface area (Å²) in [4.78, 5) is 14.7. The lowest BCUT2D eigenvalue weighted by Gasteiger charge is -2.43. The first kappa shape index (κ1) is 16.5. The lowest BCUT2D eigenvalue weighted by Crippen LogP contribution is -2.53. The summed E-state index contributed by atoms with van der Waals surface area (Å²) in [5, 5.41) is 6.75. The van der Waals surface area contributed by atoms with Gasteiger partial charge in [0.2, 0.25) is 5.91 Å². The third kappa shape index (κ3) is 3.28. The van der Waals surface area contributed by atoms with E-state index in [9.17, 15) is 4.79 Å². The molecule has 1 saturated heterocycles. The highest BCUT2D eigenvalue weighted by Crippen LogP contribution is 2.43. The molecule has 0 bridgehead atoms. The van der Waals surface area contributed by atoms with Gasteiger partial charge in [0.05, 0.1) is 23.9 Å². The maximum absolute atomic E-state index is 12.7. The van der Waals surface area contributed by atoms with Crippen LogP contribution >= 0.6 is 0 Å². The molecule has 2 aliphatic rings. The molecule has 1 aliphatic carbocycles. The van der Waals surface area contributed by atoms with E-state index in [0.29, 0.717) is 6.42 Å². The summed E-state index contributed by atoms with van der Waals surface area (Å²) >= 11 is 0. The molecule has 23 heavy (non-hydrogen) atoms. The first-order valence-corrected chi connectivity index (χ1v) is 8.53. The number of aromatic amines is 1. The Bertz CT molecular complexity index is 519. The largest absolute Gasteiger partial charge is 0.381 e. The van der Waals surface area contributed by atoms with Crippen molar-refractivity contribution in [1.82, 2.24) is 15.1 Å². The van der Waals surface area contributed by atoms with Crippen LogP contribution in [0.15, 0.2) is 12.4 Å². The number of aromatic nitrogens is 2. The number of H-pyrrole nitrogens is 1. The number of hydrogen-bond acceptors (Lipinski definition) is 4. The zero-order valence-electron chi connectivity index (χ0n) is 14.1. The highest BCUT2D eigenvalue weighted by Gasteiger charge is 2.52. The van der Waals surface area contributed by atoms with Gasteiger partial charge in [-0.3, -0.25) is 9.89 Å². The number of nitrogens with zero attached hydrogens (tertiary/aromatic N) is 2. The molecule has 3 atom stereocenters. The van der Waals surface area contributed by atoms with Gasteiger partial charge in [-0.2, -0.15) is 5.10 Å². The topological polar surface area (TPSA) is 67.5 Å². The van der Waals surface area contributed by atoms with Crippen molar-refractivity contribution < 1.29 is 14.3 Å². The van der Waals surface area contributed by atoms with Crippen LogP contribution in [0.5, 0.6) is 0 Å². The first-order chi connectivity index (χ1) is 11.2. The Morgan fingerprint density at radius 3 is 3.04 bits per heavy atom. The average Bonchev–Trinajstić information content (AvgIpc) is 3.21. The third-order valence-corrected chi connectivity index (χ3v) is 5.61. The predicted molar refractivity (Wildman–Crippen MR) is 86.0 cm³/mol. The summed E-state index contributed by atoms with van der Waals surface area (Å²) in [5.41, 5.74) is 0.998. The fourth-order valence-corrected chi connectivity index (χ4v) is 4.18. The summed E-state index contributed by atoms with van der Waals surface area (Å²) in [6.07, 6.45) is 10.1. The number of nitrogens with one attached hydrogen (secondary N) is 1. The Labute approximate surface area is 137 Å². The van der Waals surface area contributed by atoms with Crippen LogP contribution in [0.2, 0.25) is 0 Å². The molecule has 2 heterocycles. The van der Waals surface area contributed by atoms with Crippen LogP contribution in [-0.4, -0.2) is 59.5 Å². The Morgan fingerprint density at radius 2 is 2.35 bits per heavy atom. The molecule has 0 spiro atoms. The summed E-state index contributed by atoms with van der Waals surface area (Å²) < 4.78 is 11.4. The molecule has 2 fully saturated rings. The molecule has 0 aromatic carbocycles. The summed E-state index contributed by atoms with van der Waals surface area (Å²) in [6.45, 7) is 0.805. The highest BCUT2D eigenvalue weighted by atomic mass is 16.5. The first-order valence-electron chi connectivity index (χ1n) is 8.53. The molecule has 0 radical (unpaired) electrons. The molecule has 3 rings (SSSR count). The summed E-state index contributed by atoms with van der Waals surface area (Å²) in [5.74, 6) is 0.245. The molecule has 1 aromatic heterocycles. The van der Waals surface area contributed by atoms with Crippen LogP contribution < -0.4 is 0 Å². The Kier molecular flexibility index (Phi) is 5.02. The number of fused-ring (bicyclic) bond motifs is 1. The number of rotatable bonds is 6. The Morgan fingerprint density at radius 1 is 1.48 bits per heavy atom. The van der Waals surface area contributed by atoms with E-state index in [1.54, 1.807) is 14.2 Å². The van der Waals surface area contributed by atoms with E-state index < -0.39 is 0 Å². The van der Waals surface area contributed by atoms with Crippen molar-refractivity contribution in [2.45, 2.75) is 62.7 Å². The van der Waals surface area contributed by atoms with Crippen molar-refractivity contribution in [3.05, 3.63) is 18.0 Å². The van der Waals surface area contributed by atoms with E-state index in [4.69, 9.17) is 9.47 Å². The number of carbonyl (C=O) groups excluding carboxylic acids is 1. The molecule has 0 unspecified atom stereocenters. The molecular formula is C17H27N3O3. The summed E-state index contributed by atoms with van der Waals surface area (Å²) in [7, 11) is 3.55. The fourth-order valence-electron chi connectivity index (χ4n) is 4.18. The van der Waals surface area contributed by atoms with Gasteiger partial charge in [-0.15, -0.1) is 0 Å². The van der Waals surface area contributed by atoms with Crippen LogP contribution in [0, 0.1) is 0 Å². The van der Waals surface area contributed by atoms with Crippen molar-refractivity contribution in [2.75, 3.05) is 20.8 Å². The zero-order valence-corrected chi connectivity index (χ0v) is 14.1. The second-order valence-corrected chi connectivity index (χ2v) is 6.71. The van der Waals surface area contributed by atoms with Crippen LogP contribution in [0.3, 0.4) is 0 Å². The number of ether oxygens (including phenoxy) is 2. The van der Waals surface area contributed by atoms with Crippen molar-refractivity contribution in [3.63, 3.8) is 0 Å². The molecule has 1 amide bonds. The molecule has 6 nitrogen and oxygen atoms in total. The molecule has 128 valence electrons. The number of aryl methyl sites for hydroxylation is 1. The van der Waals surface area contributed by atoms with Gasteiger partial charge in [-0.25, -0.2) is 0 Å². The van der Waals surface area contributed by atoms with Gasteiger partial charge in [0, 0.05) is 33.4 Å². The van der Waals surface area contributed by atoms with E-state index in [2.05, 4.69) is 10.2 Å². The van der Waals surface area contributed by atoms with E-state index in [-0.39, 0.29) is 23.7 Å². The van der Waals surface area contributed by atoms with Crippen LogP contribution in [0.4, 0.5) is 0 Å². The maximum Gasteiger partial charge on any atom is 0.222 e. The minimum Gasteiger partial charge on any atom is -0.381 e. The lowest BCUT2D eigenvalue weighted by atomic mass is 9.79. The van der Waals surface area contributed by atoms with Gasteiger partial charge in [0.1, 0.15) is 0 Å². The fraction of sp³-hybridized carbons (Fsp3) is 0.765. The van der Waals surface area contributed by atoms with Crippen molar-refractivity contribution >= 4 is 5.91 Å². The SMILES string of the molecule is CO[C@H]1CC[C@]2(OC)CCN(C(=O)CCCc3cn[nH]c3)[C@@H]2C1. The molecular weight excluding hydrogens is 294 g/mol. The number of likely N-dealkylation sites (tertiary alicyclic amines) is 1. The minimum atomic E-state index is -0.157. The van der Waals surface area contributed by atoms with Gasteiger partial charge in [0.25, 0.3) is 0 Å². The molecule has 1 N–H and O–H groups in total. The van der Waals surface area contributed by atoms with Crippen molar-refractivity contribution in [3.8, 4) is 0 Å². The van der Waals surface area contributed by atoms with E-state index in [1.807, 2.05) is 17.3 Å². The monoisotopic (exact) mass is 321 g/mol. The molecule has 1 aliphatic heterocycles. The third-order valence-electron chi connectivity index (χ3n) is 5.61. The molecule has 1 saturated carbocycles. The summed E-state index contributed by atoms with van der Waals surface area (Å²) in [6, 6.07) is 0.160. The van der Waals surface area contributed by atoms with E-state index in [1.165, 1.54) is 0 Å². The van der Waals surface area contributed by atoms with Gasteiger partial charge in [-0.05, 0) is 44.1 Å². The van der Waals surface area contributed by atoms with Crippen molar-refractivity contribution in [1.29, 1.82) is 0 Å². The van der Waals surface area contributed by atoms with Crippen LogP contribution in [-0.2, 0) is 20.7 Å². The number of methoxy groups -OCH3 is 2. The second kappa shape index (κ2) is 7.01. The minimum absolute atomic E-state index is 0.157. The van der Waals surface area contributed by atoms with Gasteiger partial charge < -0.3 is 14.4 Å². The average molecular weight is 321 g/mol. The standard InChI is InChI=1S/C17H27N3O3/c1-22-14-6-7-17(23-2)8-9-20(15(17)10-14)16(21)5-3-4-13-11-18-19-12-13/h11-12,14-15H,3-10H2,1-2H3,(H,18,19)/t14-,15+,17-/m0/s1. The number of carbonyl (C=O) groups is 1. The Balaban J connectivity index is 1.59. The van der Waals surface area contributed by atoms with E-state index >= 15 is 0 Å². The number of amides is 1. The maximum atomic E-state index is 12.7. The van der Waals surface area contributed by atoms with Gasteiger partial charge >= 0.3 is 0 Å². The normalized spacial score (nSPS) is 30.4. The highest BCUT2D eigenvalue weighted by molar-refractivity contribution is 5.77. The number of hydrogen-bond donors (Lipinski definition) is 1. The van der Waals surface area contributed by atoms with Crippen LogP contribution in [0.1, 0.15) is 44.1 Å². The predicted octanol–water partition coefficient (Wildman–Crippen LogP) is 1.92. The smallest absolute Gasteiger partial charge is 0.222 e.